The molecule has 3 heteroatoms. The molecule has 0 aromatic heterocycles. The highest BCUT2D eigenvalue weighted by atomic mass is 16.1. The lowest BCUT2D eigenvalue weighted by molar-refractivity contribution is -0.121. The molecule has 1 aliphatic rings. The second-order valence-corrected chi connectivity index (χ2v) is 4.02. The van der Waals surface area contributed by atoms with Gasteiger partial charge in [-0.2, -0.15) is 0 Å². The molecule has 0 aliphatic heterocycles. The number of carbonyl (C=O) groups excluding carboxylic acids is 1. The fourth-order valence-corrected chi connectivity index (χ4v) is 1.71. The maximum absolute atomic E-state index is 11.3. The van der Waals surface area contributed by atoms with Gasteiger partial charge in [-0.25, -0.2) is 0 Å². The van der Waals surface area contributed by atoms with E-state index in [4.69, 9.17) is 0 Å². The Labute approximate surface area is 92.3 Å². The first-order valence-corrected chi connectivity index (χ1v) is 5.99. The van der Waals surface area contributed by atoms with E-state index in [-0.39, 0.29) is 5.91 Å². The number of rotatable bonds is 6. The van der Waals surface area contributed by atoms with E-state index >= 15 is 0 Å². The normalized spacial score (nSPS) is 20.2. The van der Waals surface area contributed by atoms with Gasteiger partial charge in [-0.1, -0.05) is 19.1 Å². The van der Waals surface area contributed by atoms with Gasteiger partial charge in [0, 0.05) is 25.6 Å². The van der Waals surface area contributed by atoms with Crippen molar-refractivity contribution in [2.75, 3.05) is 13.1 Å². The number of allylic oxidation sites excluding steroid dienone is 1. The molecule has 2 N–H and O–H groups in total. The number of hydrogen-bond donors (Lipinski definition) is 2. The number of nitrogens with one attached hydrogen (secondary N) is 2. The molecular weight excluding hydrogens is 188 g/mol. The summed E-state index contributed by atoms with van der Waals surface area (Å²) in [5, 5.41) is 6.25. The highest BCUT2D eigenvalue weighted by Crippen LogP contribution is 2.09. The van der Waals surface area contributed by atoms with Crippen LogP contribution in [0.2, 0.25) is 0 Å². The van der Waals surface area contributed by atoms with Crippen molar-refractivity contribution >= 4 is 5.91 Å². The summed E-state index contributed by atoms with van der Waals surface area (Å²) < 4.78 is 0. The average Bonchev–Trinajstić information content (AvgIpc) is 2.28. The maximum atomic E-state index is 11.3. The molecule has 0 aromatic rings. The molecule has 0 spiro atoms. The van der Waals surface area contributed by atoms with Crippen molar-refractivity contribution in [1.82, 2.24) is 10.6 Å². The Kier molecular flexibility index (Phi) is 6.09. The SMILES string of the molecule is CCCNC(=O)CCNC1C=CCCC1. The summed E-state index contributed by atoms with van der Waals surface area (Å²) in [5.41, 5.74) is 0. The highest BCUT2D eigenvalue weighted by molar-refractivity contribution is 5.75. The van der Waals surface area contributed by atoms with Crippen LogP contribution in [0.5, 0.6) is 0 Å². The van der Waals surface area contributed by atoms with Gasteiger partial charge in [0.25, 0.3) is 0 Å². The smallest absolute Gasteiger partial charge is 0.221 e. The maximum Gasteiger partial charge on any atom is 0.221 e. The van der Waals surface area contributed by atoms with E-state index in [1.54, 1.807) is 0 Å². The van der Waals surface area contributed by atoms with Crippen molar-refractivity contribution in [3.05, 3.63) is 12.2 Å². The van der Waals surface area contributed by atoms with Gasteiger partial charge in [-0.05, 0) is 25.7 Å². The summed E-state index contributed by atoms with van der Waals surface area (Å²) in [6.45, 7) is 3.64. The van der Waals surface area contributed by atoms with Gasteiger partial charge in [0.1, 0.15) is 0 Å². The van der Waals surface area contributed by atoms with E-state index in [2.05, 4.69) is 29.7 Å². The van der Waals surface area contributed by atoms with Crippen LogP contribution in [0.25, 0.3) is 0 Å². The van der Waals surface area contributed by atoms with E-state index < -0.39 is 0 Å². The lowest BCUT2D eigenvalue weighted by Gasteiger charge is -2.17. The van der Waals surface area contributed by atoms with Crippen molar-refractivity contribution in [1.29, 1.82) is 0 Å². The molecule has 0 bridgehead atoms. The Morgan fingerprint density at radius 2 is 2.33 bits per heavy atom. The van der Waals surface area contributed by atoms with Crippen LogP contribution >= 0.6 is 0 Å². The standard InChI is InChI=1S/C12H22N2O/c1-2-9-14-12(15)8-10-13-11-6-4-3-5-7-11/h4,6,11,13H,2-3,5,7-10H2,1H3,(H,14,15). The van der Waals surface area contributed by atoms with Crippen LogP contribution in [-0.2, 0) is 4.79 Å². The lowest BCUT2D eigenvalue weighted by atomic mass is 10.0. The summed E-state index contributed by atoms with van der Waals surface area (Å²) in [6.07, 6.45) is 9.69. The molecule has 0 saturated carbocycles. The summed E-state index contributed by atoms with van der Waals surface area (Å²) in [6, 6.07) is 0.484. The zero-order valence-electron chi connectivity index (χ0n) is 9.59. The van der Waals surface area contributed by atoms with Crippen molar-refractivity contribution in [3.8, 4) is 0 Å². The molecule has 86 valence electrons. The molecule has 1 rings (SSSR count). The molecule has 1 aliphatic carbocycles. The van der Waals surface area contributed by atoms with Crippen molar-refractivity contribution in [2.45, 2.75) is 45.1 Å². The van der Waals surface area contributed by atoms with Gasteiger partial charge in [0.15, 0.2) is 0 Å². The Bertz CT molecular complexity index is 214. The Morgan fingerprint density at radius 1 is 1.47 bits per heavy atom. The largest absolute Gasteiger partial charge is 0.356 e. The predicted octanol–water partition coefficient (Wildman–Crippen LogP) is 1.60. The first-order chi connectivity index (χ1) is 7.33. The molecular formula is C12H22N2O. The van der Waals surface area contributed by atoms with E-state index in [1.807, 2.05) is 0 Å². The highest BCUT2D eigenvalue weighted by Gasteiger charge is 2.07. The summed E-state index contributed by atoms with van der Waals surface area (Å²) in [7, 11) is 0. The molecule has 1 amide bonds. The Morgan fingerprint density at radius 3 is 3.00 bits per heavy atom. The third-order valence-electron chi connectivity index (χ3n) is 2.59. The lowest BCUT2D eigenvalue weighted by Crippen LogP contribution is -2.33. The van der Waals surface area contributed by atoms with Gasteiger partial charge >= 0.3 is 0 Å². The van der Waals surface area contributed by atoms with E-state index in [1.165, 1.54) is 19.3 Å². The molecule has 0 fully saturated rings. The molecule has 0 heterocycles. The van der Waals surface area contributed by atoms with E-state index in [9.17, 15) is 4.79 Å². The van der Waals surface area contributed by atoms with Gasteiger partial charge in [0.05, 0.1) is 0 Å². The van der Waals surface area contributed by atoms with E-state index in [0.717, 1.165) is 19.5 Å². The van der Waals surface area contributed by atoms with Gasteiger partial charge < -0.3 is 10.6 Å². The van der Waals surface area contributed by atoms with Crippen molar-refractivity contribution in [3.63, 3.8) is 0 Å². The van der Waals surface area contributed by atoms with Gasteiger partial charge in [0.2, 0.25) is 5.91 Å². The fraction of sp³-hybridized carbons (Fsp3) is 0.750. The zero-order chi connectivity index (χ0) is 10.9. The molecule has 15 heavy (non-hydrogen) atoms. The van der Waals surface area contributed by atoms with Crippen LogP contribution in [0.4, 0.5) is 0 Å². The third kappa shape index (κ3) is 5.57. The topological polar surface area (TPSA) is 41.1 Å². The first kappa shape index (κ1) is 12.2. The Balaban J connectivity index is 2.02. The van der Waals surface area contributed by atoms with E-state index in [0.29, 0.717) is 12.5 Å². The molecule has 0 aromatic carbocycles. The van der Waals surface area contributed by atoms with Crippen LogP contribution in [-0.4, -0.2) is 25.0 Å². The van der Waals surface area contributed by atoms with Crippen molar-refractivity contribution in [2.24, 2.45) is 0 Å². The van der Waals surface area contributed by atoms with Crippen LogP contribution in [0.15, 0.2) is 12.2 Å². The third-order valence-corrected chi connectivity index (χ3v) is 2.59. The summed E-state index contributed by atoms with van der Waals surface area (Å²) in [4.78, 5) is 11.3. The Hall–Kier alpha value is -0.830. The zero-order valence-corrected chi connectivity index (χ0v) is 9.59. The second-order valence-electron chi connectivity index (χ2n) is 4.02. The molecule has 1 atom stereocenters. The summed E-state index contributed by atoms with van der Waals surface area (Å²) >= 11 is 0. The van der Waals surface area contributed by atoms with Crippen LogP contribution < -0.4 is 10.6 Å². The second kappa shape index (κ2) is 7.46. The molecule has 0 saturated heterocycles. The molecule has 1 unspecified atom stereocenters. The van der Waals surface area contributed by atoms with Crippen LogP contribution in [0.3, 0.4) is 0 Å². The average molecular weight is 210 g/mol. The van der Waals surface area contributed by atoms with Crippen molar-refractivity contribution < 1.29 is 4.79 Å². The number of carbonyl (C=O) groups is 1. The number of hydrogen-bond acceptors (Lipinski definition) is 2. The molecule has 3 nitrogen and oxygen atoms in total. The quantitative estimate of drug-likeness (QED) is 0.654. The van der Waals surface area contributed by atoms with Gasteiger partial charge in [-0.3, -0.25) is 4.79 Å². The first-order valence-electron chi connectivity index (χ1n) is 5.99. The molecule has 0 radical (unpaired) electrons. The van der Waals surface area contributed by atoms with Gasteiger partial charge in [-0.15, -0.1) is 0 Å². The minimum absolute atomic E-state index is 0.157. The predicted molar refractivity (Wildman–Crippen MR) is 62.7 cm³/mol. The fourth-order valence-electron chi connectivity index (χ4n) is 1.71. The minimum Gasteiger partial charge on any atom is -0.356 e. The minimum atomic E-state index is 0.157. The number of amides is 1. The summed E-state index contributed by atoms with van der Waals surface area (Å²) in [5.74, 6) is 0.157. The van der Waals surface area contributed by atoms with Crippen LogP contribution in [0, 0.1) is 0 Å². The monoisotopic (exact) mass is 210 g/mol. The van der Waals surface area contributed by atoms with Crippen LogP contribution in [0.1, 0.15) is 39.0 Å².